The van der Waals surface area contributed by atoms with E-state index in [0.29, 0.717) is 12.1 Å². The Morgan fingerprint density at radius 3 is 2.68 bits per heavy atom. The van der Waals surface area contributed by atoms with Gasteiger partial charge in [-0.05, 0) is 29.8 Å². The van der Waals surface area contributed by atoms with Crippen molar-refractivity contribution in [2.24, 2.45) is 0 Å². The lowest BCUT2D eigenvalue weighted by atomic mass is 10.1. The van der Waals surface area contributed by atoms with Crippen molar-refractivity contribution in [3.05, 3.63) is 64.0 Å². The van der Waals surface area contributed by atoms with Gasteiger partial charge in [-0.15, -0.1) is 12.4 Å². The Labute approximate surface area is 167 Å². The van der Waals surface area contributed by atoms with Gasteiger partial charge in [0.2, 0.25) is 0 Å². The third-order valence-corrected chi connectivity index (χ3v) is 6.33. The third kappa shape index (κ3) is 4.25. The van der Waals surface area contributed by atoms with Crippen LogP contribution in [0.15, 0.2) is 47.4 Å². The standard InChI is InChI=1S/C17H18FN3O5S.ClH/c1-26-14-5-6-17(15(10-14)21(22)23)27(24,25)20-8-7-19-11-16(20)12-3-2-4-13(18)9-12;/h2-6,9-10,16,19H,7-8,11H2,1H3;1H. The summed E-state index contributed by atoms with van der Waals surface area (Å²) >= 11 is 0. The zero-order valence-corrected chi connectivity index (χ0v) is 16.5. The van der Waals surface area contributed by atoms with Crippen LogP contribution in [0.4, 0.5) is 10.1 Å². The molecule has 1 aliphatic rings. The molecule has 11 heteroatoms. The maximum atomic E-state index is 13.6. The molecule has 2 aromatic carbocycles. The monoisotopic (exact) mass is 431 g/mol. The van der Waals surface area contributed by atoms with Gasteiger partial charge in [0, 0.05) is 19.6 Å². The number of piperazine rings is 1. The molecule has 0 bridgehead atoms. The summed E-state index contributed by atoms with van der Waals surface area (Å²) in [6.45, 7) is 0.758. The van der Waals surface area contributed by atoms with Gasteiger partial charge in [-0.1, -0.05) is 12.1 Å². The molecule has 1 unspecified atom stereocenters. The fraction of sp³-hybridized carbons (Fsp3) is 0.294. The SMILES string of the molecule is COc1ccc(S(=O)(=O)N2CCNCC2c2cccc(F)c2)c([N+](=O)[O-])c1.Cl. The molecule has 0 aliphatic carbocycles. The highest BCUT2D eigenvalue weighted by Crippen LogP contribution is 2.35. The number of hydrogen-bond donors (Lipinski definition) is 1. The first-order valence-electron chi connectivity index (χ1n) is 8.15. The maximum Gasteiger partial charge on any atom is 0.293 e. The van der Waals surface area contributed by atoms with Gasteiger partial charge < -0.3 is 10.1 Å². The van der Waals surface area contributed by atoms with E-state index in [1.165, 1.54) is 35.7 Å². The minimum atomic E-state index is -4.20. The van der Waals surface area contributed by atoms with E-state index in [4.69, 9.17) is 4.74 Å². The Morgan fingerprint density at radius 2 is 2.04 bits per heavy atom. The molecule has 2 aromatic rings. The van der Waals surface area contributed by atoms with Crippen LogP contribution in [0.1, 0.15) is 11.6 Å². The molecule has 152 valence electrons. The van der Waals surface area contributed by atoms with Crippen molar-refractivity contribution < 1.29 is 22.5 Å². The minimum absolute atomic E-state index is 0. The lowest BCUT2D eigenvalue weighted by Gasteiger charge is -2.35. The molecule has 0 spiro atoms. The highest BCUT2D eigenvalue weighted by molar-refractivity contribution is 7.89. The van der Waals surface area contributed by atoms with E-state index in [-0.39, 0.29) is 31.2 Å². The lowest BCUT2D eigenvalue weighted by molar-refractivity contribution is -0.387. The smallest absolute Gasteiger partial charge is 0.293 e. The zero-order valence-electron chi connectivity index (χ0n) is 14.9. The predicted molar refractivity (Wildman–Crippen MR) is 103 cm³/mol. The number of halogens is 2. The molecule has 1 fully saturated rings. The molecule has 1 atom stereocenters. The highest BCUT2D eigenvalue weighted by Gasteiger charge is 2.38. The molecule has 3 rings (SSSR count). The van der Waals surface area contributed by atoms with E-state index in [0.717, 1.165) is 12.1 Å². The molecule has 0 amide bonds. The molecule has 0 radical (unpaired) electrons. The number of benzene rings is 2. The number of hydrogen-bond acceptors (Lipinski definition) is 6. The molecule has 8 nitrogen and oxygen atoms in total. The Hall–Kier alpha value is -2.27. The molecular formula is C17H19ClFN3O5S. The largest absolute Gasteiger partial charge is 0.497 e. The number of nitrogens with one attached hydrogen (secondary N) is 1. The second-order valence-electron chi connectivity index (χ2n) is 5.98. The van der Waals surface area contributed by atoms with Gasteiger partial charge in [-0.2, -0.15) is 4.31 Å². The summed E-state index contributed by atoms with van der Waals surface area (Å²) in [7, 11) is -2.86. The molecule has 0 aromatic heterocycles. The van der Waals surface area contributed by atoms with Gasteiger partial charge in [0.25, 0.3) is 15.7 Å². The maximum absolute atomic E-state index is 13.6. The second kappa shape index (κ2) is 8.82. The van der Waals surface area contributed by atoms with E-state index in [1.54, 1.807) is 6.07 Å². The molecular weight excluding hydrogens is 413 g/mol. The number of ether oxygens (including phenoxy) is 1. The van der Waals surface area contributed by atoms with Gasteiger partial charge in [0.15, 0.2) is 4.90 Å². The van der Waals surface area contributed by atoms with Gasteiger partial charge >= 0.3 is 0 Å². The van der Waals surface area contributed by atoms with Gasteiger partial charge in [0.1, 0.15) is 11.6 Å². The van der Waals surface area contributed by atoms with Crippen molar-refractivity contribution in [3.63, 3.8) is 0 Å². The normalized spacial score (nSPS) is 17.6. The van der Waals surface area contributed by atoms with Gasteiger partial charge in [0.05, 0.1) is 24.1 Å². The number of nitrogens with zero attached hydrogens (tertiary/aromatic N) is 2. The summed E-state index contributed by atoms with van der Waals surface area (Å²) in [5.41, 5.74) is -0.0900. The Morgan fingerprint density at radius 1 is 1.29 bits per heavy atom. The fourth-order valence-corrected chi connectivity index (χ4v) is 4.84. The Balaban J connectivity index is 0.00000280. The van der Waals surface area contributed by atoms with Crippen LogP contribution < -0.4 is 10.1 Å². The summed E-state index contributed by atoms with van der Waals surface area (Å²) in [4.78, 5) is 10.2. The van der Waals surface area contributed by atoms with E-state index in [9.17, 15) is 22.9 Å². The summed E-state index contributed by atoms with van der Waals surface area (Å²) in [6.07, 6.45) is 0. The molecule has 0 saturated carbocycles. The highest BCUT2D eigenvalue weighted by atomic mass is 35.5. The van der Waals surface area contributed by atoms with Crippen molar-refractivity contribution in [3.8, 4) is 5.75 Å². The average Bonchev–Trinajstić information content (AvgIpc) is 2.67. The summed E-state index contributed by atoms with van der Waals surface area (Å²) in [6, 6.07) is 8.59. The summed E-state index contributed by atoms with van der Waals surface area (Å²) in [5.74, 6) is -0.298. The molecule has 28 heavy (non-hydrogen) atoms. The first kappa shape index (κ1) is 22.0. The van der Waals surface area contributed by atoms with Crippen LogP contribution in [-0.4, -0.2) is 44.4 Å². The number of sulfonamides is 1. The van der Waals surface area contributed by atoms with Crippen LogP contribution in [0.2, 0.25) is 0 Å². The van der Waals surface area contributed by atoms with Crippen LogP contribution in [0, 0.1) is 15.9 Å². The summed E-state index contributed by atoms with van der Waals surface area (Å²) < 4.78 is 46.2. The Bertz CT molecular complexity index is 973. The first-order chi connectivity index (χ1) is 12.8. The molecule has 1 aliphatic heterocycles. The van der Waals surface area contributed by atoms with Gasteiger partial charge in [-0.3, -0.25) is 10.1 Å². The van der Waals surface area contributed by atoms with Crippen molar-refractivity contribution in [2.75, 3.05) is 26.7 Å². The van der Waals surface area contributed by atoms with E-state index < -0.39 is 37.4 Å². The summed E-state index contributed by atoms with van der Waals surface area (Å²) in [5, 5.41) is 14.5. The molecule has 1 N–H and O–H groups in total. The minimum Gasteiger partial charge on any atom is -0.497 e. The van der Waals surface area contributed by atoms with Crippen LogP contribution >= 0.6 is 12.4 Å². The number of rotatable bonds is 5. The topological polar surface area (TPSA) is 102 Å². The van der Waals surface area contributed by atoms with Crippen LogP contribution in [0.25, 0.3) is 0 Å². The number of methoxy groups -OCH3 is 1. The fourth-order valence-electron chi connectivity index (χ4n) is 3.08. The quantitative estimate of drug-likeness (QED) is 0.576. The Kier molecular flexibility index (Phi) is 6.94. The van der Waals surface area contributed by atoms with E-state index in [2.05, 4.69) is 5.32 Å². The van der Waals surface area contributed by atoms with E-state index >= 15 is 0 Å². The van der Waals surface area contributed by atoms with Gasteiger partial charge in [-0.25, -0.2) is 12.8 Å². The first-order valence-corrected chi connectivity index (χ1v) is 9.59. The average molecular weight is 432 g/mol. The van der Waals surface area contributed by atoms with Crippen LogP contribution in [0.3, 0.4) is 0 Å². The number of nitro groups is 1. The van der Waals surface area contributed by atoms with Crippen LogP contribution in [-0.2, 0) is 10.0 Å². The molecule has 1 saturated heterocycles. The van der Waals surface area contributed by atoms with Crippen molar-refractivity contribution in [1.82, 2.24) is 9.62 Å². The number of nitro benzene ring substituents is 1. The predicted octanol–water partition coefficient (Wildman–Crippen LogP) is 2.50. The third-order valence-electron chi connectivity index (χ3n) is 4.38. The van der Waals surface area contributed by atoms with Crippen molar-refractivity contribution in [1.29, 1.82) is 0 Å². The van der Waals surface area contributed by atoms with Crippen molar-refractivity contribution >= 4 is 28.1 Å². The van der Waals surface area contributed by atoms with Crippen LogP contribution in [0.5, 0.6) is 5.75 Å². The molecule has 1 heterocycles. The second-order valence-corrected chi connectivity index (χ2v) is 7.84. The van der Waals surface area contributed by atoms with E-state index in [1.807, 2.05) is 0 Å². The lowest BCUT2D eigenvalue weighted by Crippen LogP contribution is -2.48. The van der Waals surface area contributed by atoms with Crippen molar-refractivity contribution in [2.45, 2.75) is 10.9 Å². The zero-order chi connectivity index (χ0) is 19.6.